The number of nitrogen functional groups attached to an aromatic ring is 1. The standard InChI is InChI=1S/C14H15N5S2/c1-7(9-5-8-3-4-16-10(8)6-17-9)13-18-12(15)11(20)14(19-13)21-2/h3-7,16,20H,1-2H3,(H2,15,18,19). The Hall–Kier alpha value is -1.73. The lowest BCUT2D eigenvalue weighted by molar-refractivity contribution is 0.756. The first-order chi connectivity index (χ1) is 10.1. The van der Waals surface area contributed by atoms with Crippen molar-refractivity contribution in [3.63, 3.8) is 0 Å². The summed E-state index contributed by atoms with van der Waals surface area (Å²) in [4.78, 5) is 17.1. The van der Waals surface area contributed by atoms with Crippen LogP contribution in [0, 0.1) is 0 Å². The molecule has 108 valence electrons. The summed E-state index contributed by atoms with van der Waals surface area (Å²) in [5.41, 5.74) is 7.85. The quantitative estimate of drug-likeness (QED) is 0.393. The number of rotatable bonds is 3. The van der Waals surface area contributed by atoms with Crippen molar-refractivity contribution < 1.29 is 0 Å². The van der Waals surface area contributed by atoms with Gasteiger partial charge in [-0.05, 0) is 25.3 Å². The van der Waals surface area contributed by atoms with E-state index in [9.17, 15) is 0 Å². The predicted molar refractivity (Wildman–Crippen MR) is 89.1 cm³/mol. The van der Waals surface area contributed by atoms with Gasteiger partial charge in [0.15, 0.2) is 0 Å². The van der Waals surface area contributed by atoms with E-state index < -0.39 is 0 Å². The van der Waals surface area contributed by atoms with E-state index in [0.717, 1.165) is 21.6 Å². The molecular weight excluding hydrogens is 302 g/mol. The van der Waals surface area contributed by atoms with Gasteiger partial charge in [0.2, 0.25) is 0 Å². The fraction of sp³-hybridized carbons (Fsp3) is 0.214. The van der Waals surface area contributed by atoms with Gasteiger partial charge in [-0.3, -0.25) is 4.98 Å². The summed E-state index contributed by atoms with van der Waals surface area (Å²) in [6, 6.07) is 4.07. The van der Waals surface area contributed by atoms with Crippen LogP contribution in [0.15, 0.2) is 34.4 Å². The molecule has 21 heavy (non-hydrogen) atoms. The molecule has 0 saturated heterocycles. The molecule has 0 spiro atoms. The lowest BCUT2D eigenvalue weighted by Gasteiger charge is -2.13. The topological polar surface area (TPSA) is 80.5 Å². The van der Waals surface area contributed by atoms with Gasteiger partial charge >= 0.3 is 0 Å². The number of nitrogens with zero attached hydrogens (tertiary/aromatic N) is 3. The largest absolute Gasteiger partial charge is 0.383 e. The number of aromatic amines is 1. The van der Waals surface area contributed by atoms with Gasteiger partial charge in [0.1, 0.15) is 16.7 Å². The minimum absolute atomic E-state index is 0.0357. The van der Waals surface area contributed by atoms with E-state index in [-0.39, 0.29) is 5.92 Å². The maximum absolute atomic E-state index is 5.92. The van der Waals surface area contributed by atoms with Crippen LogP contribution in [0.4, 0.5) is 5.82 Å². The molecule has 0 bridgehead atoms. The third-order valence-corrected chi connectivity index (χ3v) is 4.65. The molecule has 1 atom stereocenters. The summed E-state index contributed by atoms with van der Waals surface area (Å²) in [7, 11) is 0. The van der Waals surface area contributed by atoms with Gasteiger partial charge in [0, 0.05) is 11.6 Å². The number of aromatic nitrogens is 4. The summed E-state index contributed by atoms with van der Waals surface area (Å²) in [6.45, 7) is 2.03. The van der Waals surface area contributed by atoms with Gasteiger partial charge in [-0.1, -0.05) is 0 Å². The van der Waals surface area contributed by atoms with E-state index in [1.165, 1.54) is 11.8 Å². The van der Waals surface area contributed by atoms with Crippen molar-refractivity contribution in [2.45, 2.75) is 22.8 Å². The summed E-state index contributed by atoms with van der Waals surface area (Å²) >= 11 is 5.85. The van der Waals surface area contributed by atoms with Crippen LogP contribution in [0.25, 0.3) is 10.9 Å². The van der Waals surface area contributed by atoms with Crippen molar-refractivity contribution in [3.8, 4) is 0 Å². The number of H-pyrrole nitrogens is 1. The van der Waals surface area contributed by atoms with Crippen molar-refractivity contribution >= 4 is 41.1 Å². The van der Waals surface area contributed by atoms with E-state index in [2.05, 4.69) is 32.6 Å². The molecule has 0 aliphatic rings. The van der Waals surface area contributed by atoms with E-state index >= 15 is 0 Å². The van der Waals surface area contributed by atoms with Crippen LogP contribution in [0.3, 0.4) is 0 Å². The van der Waals surface area contributed by atoms with Gasteiger partial charge in [0.05, 0.1) is 28.2 Å². The molecule has 1 unspecified atom stereocenters. The fourth-order valence-electron chi connectivity index (χ4n) is 2.14. The molecule has 0 fully saturated rings. The van der Waals surface area contributed by atoms with Crippen LogP contribution >= 0.6 is 24.4 Å². The fourth-order valence-corrected chi connectivity index (χ4v) is 3.00. The molecule has 3 heterocycles. The Morgan fingerprint density at radius 1 is 1.38 bits per heavy atom. The lowest BCUT2D eigenvalue weighted by atomic mass is 10.1. The molecule has 3 rings (SSSR count). The normalized spacial score (nSPS) is 12.7. The average molecular weight is 317 g/mol. The minimum Gasteiger partial charge on any atom is -0.383 e. The molecule has 0 aliphatic carbocycles. The maximum Gasteiger partial charge on any atom is 0.141 e. The maximum atomic E-state index is 5.92. The molecule has 3 N–H and O–H groups in total. The molecule has 0 radical (unpaired) electrons. The van der Waals surface area contributed by atoms with E-state index in [0.29, 0.717) is 16.5 Å². The van der Waals surface area contributed by atoms with E-state index in [1.807, 2.05) is 37.7 Å². The zero-order valence-corrected chi connectivity index (χ0v) is 13.4. The number of nitrogens with two attached hydrogens (primary N) is 1. The summed E-state index contributed by atoms with van der Waals surface area (Å²) in [6.07, 6.45) is 5.67. The van der Waals surface area contributed by atoms with Crippen molar-refractivity contribution in [2.75, 3.05) is 12.0 Å². The molecular formula is C14H15N5S2. The lowest BCUT2D eigenvalue weighted by Crippen LogP contribution is -2.08. The average Bonchev–Trinajstić information content (AvgIpc) is 2.96. The molecule has 0 saturated carbocycles. The molecule has 3 aromatic heterocycles. The van der Waals surface area contributed by atoms with Gasteiger partial charge < -0.3 is 10.7 Å². The molecule has 5 nitrogen and oxygen atoms in total. The van der Waals surface area contributed by atoms with Gasteiger partial charge in [-0.15, -0.1) is 24.4 Å². The van der Waals surface area contributed by atoms with Crippen LogP contribution in [0.1, 0.15) is 24.4 Å². The zero-order chi connectivity index (χ0) is 15.0. The number of pyridine rings is 1. The highest BCUT2D eigenvalue weighted by Crippen LogP contribution is 2.29. The highest BCUT2D eigenvalue weighted by molar-refractivity contribution is 7.99. The van der Waals surface area contributed by atoms with Gasteiger partial charge in [0.25, 0.3) is 0 Å². The first kappa shape index (κ1) is 14.2. The molecule has 0 aromatic carbocycles. The Kier molecular flexibility index (Phi) is 3.77. The van der Waals surface area contributed by atoms with Crippen molar-refractivity contribution in [3.05, 3.63) is 36.0 Å². The van der Waals surface area contributed by atoms with Crippen LogP contribution in [0.5, 0.6) is 0 Å². The summed E-state index contributed by atoms with van der Waals surface area (Å²) in [5.74, 6) is 1.03. The number of thioether (sulfide) groups is 1. The Bertz CT molecular complexity index is 799. The number of thiol groups is 1. The second-order valence-electron chi connectivity index (χ2n) is 4.72. The highest BCUT2D eigenvalue weighted by Gasteiger charge is 2.17. The first-order valence-corrected chi connectivity index (χ1v) is 8.10. The molecule has 3 aromatic rings. The third kappa shape index (κ3) is 2.58. The first-order valence-electron chi connectivity index (χ1n) is 6.43. The second-order valence-corrected chi connectivity index (χ2v) is 5.96. The third-order valence-electron chi connectivity index (χ3n) is 3.38. The van der Waals surface area contributed by atoms with E-state index in [1.54, 1.807) is 0 Å². The number of hydrogen-bond donors (Lipinski definition) is 3. The summed E-state index contributed by atoms with van der Waals surface area (Å²) < 4.78 is 0. The molecule has 7 heteroatoms. The number of hydrogen-bond acceptors (Lipinski definition) is 6. The smallest absolute Gasteiger partial charge is 0.141 e. The highest BCUT2D eigenvalue weighted by atomic mass is 32.2. The molecule has 0 amide bonds. The predicted octanol–water partition coefficient (Wildman–Crippen LogP) is 3.10. The SMILES string of the molecule is CSc1nc(C(C)c2cc3cc[nH]c3cn2)nc(N)c1S. The number of nitrogens with one attached hydrogen (secondary N) is 1. The Morgan fingerprint density at radius 3 is 2.95 bits per heavy atom. The monoisotopic (exact) mass is 317 g/mol. The van der Waals surface area contributed by atoms with Crippen molar-refractivity contribution in [1.82, 2.24) is 19.9 Å². The van der Waals surface area contributed by atoms with Gasteiger partial charge in [-0.25, -0.2) is 9.97 Å². The van der Waals surface area contributed by atoms with Crippen LogP contribution < -0.4 is 5.73 Å². The van der Waals surface area contributed by atoms with Crippen molar-refractivity contribution in [1.29, 1.82) is 0 Å². The Morgan fingerprint density at radius 2 is 2.19 bits per heavy atom. The minimum atomic E-state index is -0.0357. The summed E-state index contributed by atoms with van der Waals surface area (Å²) in [5, 5.41) is 1.91. The van der Waals surface area contributed by atoms with Crippen LogP contribution in [-0.2, 0) is 0 Å². The number of anilines is 1. The molecule has 0 aliphatic heterocycles. The Balaban J connectivity index is 2.04. The second kappa shape index (κ2) is 5.57. The number of fused-ring (bicyclic) bond motifs is 1. The van der Waals surface area contributed by atoms with Gasteiger partial charge in [-0.2, -0.15) is 0 Å². The van der Waals surface area contributed by atoms with E-state index in [4.69, 9.17) is 5.73 Å². The zero-order valence-electron chi connectivity index (χ0n) is 11.7. The Labute approximate surface area is 132 Å². The van der Waals surface area contributed by atoms with Crippen molar-refractivity contribution in [2.24, 2.45) is 0 Å². The van der Waals surface area contributed by atoms with Crippen LogP contribution in [0.2, 0.25) is 0 Å². The van der Waals surface area contributed by atoms with Crippen LogP contribution in [-0.4, -0.2) is 26.2 Å².